The Morgan fingerprint density at radius 3 is 2.47 bits per heavy atom. The minimum Gasteiger partial charge on any atom is -0.493 e. The third kappa shape index (κ3) is 6.24. The van der Waals surface area contributed by atoms with Gasteiger partial charge >= 0.3 is 0 Å². The quantitative estimate of drug-likeness (QED) is 0.531. The first kappa shape index (κ1) is 14.7. The average Bonchev–Trinajstić information content (AvgIpc) is 2.30. The molecule has 0 atom stereocenters. The summed E-state index contributed by atoms with van der Waals surface area (Å²) in [6, 6.07) is 7.99. The fraction of sp³-hybridized carbons (Fsp3) is 0.538. The first-order chi connectivity index (χ1) is 8.26. The highest BCUT2D eigenvalue weighted by atomic mass is 127. The second-order valence-corrected chi connectivity index (χ2v) is 4.68. The van der Waals surface area contributed by atoms with E-state index in [4.69, 9.17) is 14.2 Å². The number of benzene rings is 1. The number of ether oxygens (including phenoxy) is 3. The molecule has 1 rings (SSSR count). The first-order valence-electron chi connectivity index (χ1n) is 5.87. The summed E-state index contributed by atoms with van der Waals surface area (Å²) in [6.07, 6.45) is 0.584. The van der Waals surface area contributed by atoms with Crippen LogP contribution in [-0.4, -0.2) is 26.1 Å². The average molecular weight is 350 g/mol. The number of halogens is 1. The van der Waals surface area contributed by atoms with E-state index in [0.29, 0.717) is 19.8 Å². The van der Waals surface area contributed by atoms with Crippen LogP contribution in [0.25, 0.3) is 0 Å². The molecule has 0 radical (unpaired) electrons. The van der Waals surface area contributed by atoms with Crippen molar-refractivity contribution >= 4 is 22.6 Å². The summed E-state index contributed by atoms with van der Waals surface area (Å²) < 4.78 is 17.7. The second-order valence-electron chi connectivity index (χ2n) is 3.43. The minimum atomic E-state index is -0.159. The molecule has 0 aromatic heterocycles. The van der Waals surface area contributed by atoms with Crippen molar-refractivity contribution in [2.45, 2.75) is 26.6 Å². The molecule has 1 aromatic carbocycles. The van der Waals surface area contributed by atoms with Gasteiger partial charge in [0.05, 0.1) is 6.61 Å². The summed E-state index contributed by atoms with van der Waals surface area (Å²) in [5.74, 6) is 0.892. The Kier molecular flexibility index (Phi) is 7.55. The van der Waals surface area contributed by atoms with E-state index < -0.39 is 0 Å². The van der Waals surface area contributed by atoms with Gasteiger partial charge in [-0.15, -0.1) is 0 Å². The van der Waals surface area contributed by atoms with E-state index >= 15 is 0 Å². The van der Waals surface area contributed by atoms with Crippen molar-refractivity contribution < 1.29 is 14.2 Å². The summed E-state index contributed by atoms with van der Waals surface area (Å²) in [5.41, 5.74) is 0. The van der Waals surface area contributed by atoms with Gasteiger partial charge in [-0.05, 0) is 54.6 Å². The Labute approximate surface area is 117 Å². The molecule has 0 fully saturated rings. The van der Waals surface area contributed by atoms with Gasteiger partial charge in [-0.25, -0.2) is 0 Å². The largest absolute Gasteiger partial charge is 0.493 e. The zero-order valence-electron chi connectivity index (χ0n) is 10.3. The topological polar surface area (TPSA) is 27.7 Å². The van der Waals surface area contributed by atoms with Crippen LogP contribution in [0.2, 0.25) is 0 Å². The van der Waals surface area contributed by atoms with Gasteiger partial charge in [0.2, 0.25) is 0 Å². The van der Waals surface area contributed by atoms with Gasteiger partial charge < -0.3 is 14.2 Å². The molecule has 0 saturated carbocycles. The standard InChI is InChI=1S/C13H19IO3/c1-3-15-13(16-4-2)8-9-17-12-7-5-6-11(14)10-12/h5-7,10,13H,3-4,8-9H2,1-2H3. The van der Waals surface area contributed by atoms with E-state index in [9.17, 15) is 0 Å². The predicted octanol–water partition coefficient (Wildman–Crippen LogP) is 3.46. The summed E-state index contributed by atoms with van der Waals surface area (Å²) in [7, 11) is 0. The van der Waals surface area contributed by atoms with Crippen molar-refractivity contribution in [2.24, 2.45) is 0 Å². The molecule has 0 amide bonds. The fourth-order valence-corrected chi connectivity index (χ4v) is 1.93. The molecular formula is C13H19IO3. The monoisotopic (exact) mass is 350 g/mol. The van der Waals surface area contributed by atoms with E-state index in [2.05, 4.69) is 22.6 Å². The van der Waals surface area contributed by atoms with Crippen molar-refractivity contribution in [3.05, 3.63) is 27.8 Å². The van der Waals surface area contributed by atoms with Gasteiger partial charge in [0.25, 0.3) is 0 Å². The molecule has 96 valence electrons. The first-order valence-corrected chi connectivity index (χ1v) is 6.95. The molecule has 0 heterocycles. The van der Waals surface area contributed by atoms with Crippen LogP contribution in [0, 0.1) is 3.57 Å². The third-order valence-electron chi connectivity index (χ3n) is 2.12. The van der Waals surface area contributed by atoms with Crippen LogP contribution in [-0.2, 0) is 9.47 Å². The van der Waals surface area contributed by atoms with Crippen molar-refractivity contribution in [1.29, 1.82) is 0 Å². The predicted molar refractivity (Wildman–Crippen MR) is 76.3 cm³/mol. The molecule has 0 N–H and O–H groups in total. The van der Waals surface area contributed by atoms with Crippen molar-refractivity contribution in [1.82, 2.24) is 0 Å². The highest BCUT2D eigenvalue weighted by Gasteiger charge is 2.07. The third-order valence-corrected chi connectivity index (χ3v) is 2.79. The van der Waals surface area contributed by atoms with Crippen LogP contribution >= 0.6 is 22.6 Å². The summed E-state index contributed by atoms with van der Waals surface area (Å²) in [5, 5.41) is 0. The van der Waals surface area contributed by atoms with Gasteiger partial charge in [-0.2, -0.15) is 0 Å². The Bertz CT molecular complexity index is 311. The highest BCUT2D eigenvalue weighted by molar-refractivity contribution is 14.1. The minimum absolute atomic E-state index is 0.159. The lowest BCUT2D eigenvalue weighted by Crippen LogP contribution is -2.20. The van der Waals surface area contributed by atoms with Crippen LogP contribution < -0.4 is 4.74 Å². The Balaban J connectivity index is 2.30. The maximum atomic E-state index is 5.65. The Morgan fingerprint density at radius 1 is 1.18 bits per heavy atom. The summed E-state index contributed by atoms with van der Waals surface area (Å²) >= 11 is 2.27. The van der Waals surface area contributed by atoms with Crippen LogP contribution in [0.4, 0.5) is 0 Å². The highest BCUT2D eigenvalue weighted by Crippen LogP contribution is 2.15. The Morgan fingerprint density at radius 2 is 1.88 bits per heavy atom. The van der Waals surface area contributed by atoms with E-state index in [1.54, 1.807) is 0 Å². The van der Waals surface area contributed by atoms with Crippen molar-refractivity contribution in [2.75, 3.05) is 19.8 Å². The van der Waals surface area contributed by atoms with Crippen LogP contribution in [0.5, 0.6) is 5.75 Å². The van der Waals surface area contributed by atoms with E-state index in [1.165, 1.54) is 3.57 Å². The van der Waals surface area contributed by atoms with Gasteiger partial charge in [0, 0.05) is 23.2 Å². The van der Waals surface area contributed by atoms with Gasteiger partial charge in [0.1, 0.15) is 5.75 Å². The Hall–Kier alpha value is -0.330. The zero-order valence-corrected chi connectivity index (χ0v) is 12.5. The molecule has 0 aliphatic heterocycles. The van der Waals surface area contributed by atoms with Gasteiger partial charge in [-0.1, -0.05) is 6.07 Å². The molecule has 1 aromatic rings. The molecule has 0 unspecified atom stereocenters. The van der Waals surface area contributed by atoms with E-state index in [-0.39, 0.29) is 6.29 Å². The fourth-order valence-electron chi connectivity index (χ4n) is 1.42. The molecular weight excluding hydrogens is 331 g/mol. The zero-order chi connectivity index (χ0) is 12.5. The van der Waals surface area contributed by atoms with Crippen molar-refractivity contribution in [3.8, 4) is 5.75 Å². The molecule has 0 spiro atoms. The SMILES string of the molecule is CCOC(CCOc1cccc(I)c1)OCC. The lowest BCUT2D eigenvalue weighted by molar-refractivity contribution is -0.142. The lowest BCUT2D eigenvalue weighted by Gasteiger charge is -2.17. The molecule has 0 aliphatic carbocycles. The number of hydrogen-bond acceptors (Lipinski definition) is 3. The van der Waals surface area contributed by atoms with Crippen LogP contribution in [0.3, 0.4) is 0 Å². The van der Waals surface area contributed by atoms with Gasteiger partial charge in [-0.3, -0.25) is 0 Å². The maximum absolute atomic E-state index is 5.65. The maximum Gasteiger partial charge on any atom is 0.160 e. The normalized spacial score (nSPS) is 10.8. The lowest BCUT2D eigenvalue weighted by atomic mass is 10.3. The summed E-state index contributed by atoms with van der Waals surface area (Å²) in [4.78, 5) is 0. The molecule has 17 heavy (non-hydrogen) atoms. The molecule has 3 nitrogen and oxygen atoms in total. The summed E-state index contributed by atoms with van der Waals surface area (Å²) in [6.45, 7) is 5.85. The molecule has 0 saturated heterocycles. The van der Waals surface area contributed by atoms with E-state index in [1.807, 2.05) is 38.1 Å². The second kappa shape index (κ2) is 8.72. The smallest absolute Gasteiger partial charge is 0.160 e. The molecule has 4 heteroatoms. The number of rotatable bonds is 8. The van der Waals surface area contributed by atoms with Gasteiger partial charge in [0.15, 0.2) is 6.29 Å². The number of hydrogen-bond donors (Lipinski definition) is 0. The van der Waals surface area contributed by atoms with E-state index in [0.717, 1.165) is 12.2 Å². The molecule has 0 aliphatic rings. The van der Waals surface area contributed by atoms with Crippen LogP contribution in [0.15, 0.2) is 24.3 Å². The van der Waals surface area contributed by atoms with Crippen molar-refractivity contribution in [3.63, 3.8) is 0 Å². The van der Waals surface area contributed by atoms with Crippen LogP contribution in [0.1, 0.15) is 20.3 Å². The molecule has 0 bridgehead atoms.